The quantitative estimate of drug-likeness (QED) is 0.0744. The third kappa shape index (κ3) is 4.24. The number of rotatable bonds is 6. The maximum atomic E-state index is 13.1. The molecule has 0 aromatic rings. The van der Waals surface area contributed by atoms with E-state index >= 15 is 0 Å². The summed E-state index contributed by atoms with van der Waals surface area (Å²) in [5, 5.41) is 15.9. The Morgan fingerprint density at radius 1 is 1.32 bits per heavy atom. The van der Waals surface area contributed by atoms with Crippen LogP contribution in [0.25, 0.3) is 0 Å². The van der Waals surface area contributed by atoms with E-state index in [0.29, 0.717) is 41.6 Å². The fourth-order valence-electron chi connectivity index (χ4n) is 5.81. The van der Waals surface area contributed by atoms with Gasteiger partial charge in [0.25, 0.3) is 11.8 Å². The second kappa shape index (κ2) is 9.49. The molecular formula is C21H29N8O6S2+. The van der Waals surface area contributed by atoms with Crippen molar-refractivity contribution < 1.29 is 33.6 Å². The SMILES string of the molecule is CO/N=C(/C(=O)N[C@@H]1C(=O)N2C(C(=O)O)=C(C[N+]34CCC(C(N)=O)(CC3)CC4)CS[C@@H]12)N1C=NSC1N. The summed E-state index contributed by atoms with van der Waals surface area (Å²) >= 11 is 2.45. The summed E-state index contributed by atoms with van der Waals surface area (Å²) in [6.45, 7) is 2.76. The van der Waals surface area contributed by atoms with E-state index in [4.69, 9.17) is 16.3 Å². The summed E-state index contributed by atoms with van der Waals surface area (Å²) in [6.07, 6.45) is 3.43. The molecule has 3 amide bonds. The minimum atomic E-state index is -1.17. The van der Waals surface area contributed by atoms with Gasteiger partial charge in [-0.05, 0) is 0 Å². The van der Waals surface area contributed by atoms with Crippen LogP contribution in [0.4, 0.5) is 0 Å². The number of carboxylic acids is 1. The van der Waals surface area contributed by atoms with E-state index in [-0.39, 0.29) is 17.4 Å². The third-order valence-electron chi connectivity index (χ3n) is 8.02. The number of carboxylic acid groups (broad SMARTS) is 1. The number of oxime groups is 1. The van der Waals surface area contributed by atoms with Gasteiger partial charge in [0.05, 0.1) is 25.0 Å². The molecule has 37 heavy (non-hydrogen) atoms. The maximum Gasteiger partial charge on any atom is 0.352 e. The van der Waals surface area contributed by atoms with Gasteiger partial charge >= 0.3 is 5.97 Å². The first-order valence-electron chi connectivity index (χ1n) is 11.8. The molecule has 3 atom stereocenters. The molecule has 6 aliphatic rings. The topological polar surface area (TPSA) is 193 Å². The number of quaternary nitrogens is 1. The van der Waals surface area contributed by atoms with Crippen LogP contribution in [0.5, 0.6) is 0 Å². The number of nitrogens with one attached hydrogen (secondary N) is 1. The van der Waals surface area contributed by atoms with Crippen molar-refractivity contribution in [2.45, 2.75) is 36.2 Å². The molecule has 16 heteroatoms. The Morgan fingerprint density at radius 2 is 2.00 bits per heavy atom. The number of fused-ring (bicyclic) bond motifs is 4. The van der Waals surface area contributed by atoms with Crippen LogP contribution in [-0.4, -0.2) is 111 Å². The summed E-state index contributed by atoms with van der Waals surface area (Å²) in [6, 6.07) is -0.924. The molecule has 6 N–H and O–H groups in total. The summed E-state index contributed by atoms with van der Waals surface area (Å²) in [7, 11) is 1.28. The molecule has 0 aliphatic carbocycles. The number of carbonyl (C=O) groups is 4. The van der Waals surface area contributed by atoms with Crippen molar-refractivity contribution >= 4 is 59.6 Å². The molecule has 14 nitrogen and oxygen atoms in total. The van der Waals surface area contributed by atoms with Gasteiger partial charge in [-0.25, -0.2) is 9.19 Å². The molecule has 0 aromatic heterocycles. The monoisotopic (exact) mass is 553 g/mol. The van der Waals surface area contributed by atoms with Crippen molar-refractivity contribution in [2.75, 3.05) is 39.0 Å². The summed E-state index contributed by atoms with van der Waals surface area (Å²) in [5.41, 5.74) is 11.2. The first kappa shape index (κ1) is 25.8. The average molecular weight is 554 g/mol. The van der Waals surface area contributed by atoms with Gasteiger partial charge < -0.3 is 31.2 Å². The molecule has 4 saturated heterocycles. The Bertz CT molecular complexity index is 1120. The van der Waals surface area contributed by atoms with Gasteiger partial charge in [-0.3, -0.25) is 24.2 Å². The Labute approximate surface area is 221 Å². The van der Waals surface area contributed by atoms with Crippen molar-refractivity contribution in [3.05, 3.63) is 11.3 Å². The second-order valence-corrected chi connectivity index (χ2v) is 11.9. The standard InChI is InChI=1S/C21H28N8O6S2/c1-35-26-14(27-10-24-37-20(27)23)15(30)25-12-16(31)28-13(18(32)33)11(9-36-17(12)28)8-29-5-2-21(3-6-29,4-7-29)19(22)34/h10,12,17,20H,2-9,23H2,1H3,(H3-,22,25,30,32,33,34)/p+1/b26-14-/t12-,17+,20?,21?,29?/m1/s1. The van der Waals surface area contributed by atoms with E-state index in [1.807, 2.05) is 0 Å². The number of hydrogen-bond acceptors (Lipinski definition) is 10. The van der Waals surface area contributed by atoms with Gasteiger partial charge in [0, 0.05) is 42.5 Å². The van der Waals surface area contributed by atoms with E-state index in [1.54, 1.807) is 0 Å². The Morgan fingerprint density at radius 3 is 2.54 bits per heavy atom. The van der Waals surface area contributed by atoms with Gasteiger partial charge in [-0.15, -0.1) is 11.8 Å². The normalized spacial score (nSPS) is 34.8. The van der Waals surface area contributed by atoms with Crippen LogP contribution < -0.4 is 16.8 Å². The van der Waals surface area contributed by atoms with E-state index in [2.05, 4.69) is 14.9 Å². The zero-order valence-electron chi connectivity index (χ0n) is 20.2. The summed E-state index contributed by atoms with van der Waals surface area (Å²) in [4.78, 5) is 57.8. The average Bonchev–Trinajstić information content (AvgIpc) is 3.31. The largest absolute Gasteiger partial charge is 0.477 e. The fourth-order valence-corrected chi connectivity index (χ4v) is 7.68. The molecule has 6 heterocycles. The summed E-state index contributed by atoms with van der Waals surface area (Å²) < 4.78 is 4.64. The van der Waals surface area contributed by atoms with Gasteiger partial charge in [0.15, 0.2) is 5.50 Å². The van der Waals surface area contributed by atoms with Crippen molar-refractivity contribution in [1.82, 2.24) is 15.1 Å². The van der Waals surface area contributed by atoms with Crippen LogP contribution in [0.15, 0.2) is 20.8 Å². The predicted octanol–water partition coefficient (Wildman–Crippen LogP) is -1.59. The van der Waals surface area contributed by atoms with Crippen molar-refractivity contribution in [1.29, 1.82) is 0 Å². The molecule has 0 radical (unpaired) electrons. The van der Waals surface area contributed by atoms with E-state index in [0.717, 1.165) is 31.6 Å². The van der Waals surface area contributed by atoms with Gasteiger partial charge in [0.2, 0.25) is 11.7 Å². The van der Waals surface area contributed by atoms with Crippen LogP contribution in [0.3, 0.4) is 0 Å². The number of nitrogens with two attached hydrogens (primary N) is 2. The molecular weight excluding hydrogens is 524 g/mol. The van der Waals surface area contributed by atoms with Crippen molar-refractivity contribution in [3.63, 3.8) is 0 Å². The molecule has 0 spiro atoms. The third-order valence-corrected chi connectivity index (χ3v) is 10.0. The summed E-state index contributed by atoms with van der Waals surface area (Å²) in [5.74, 6) is -2.35. The van der Waals surface area contributed by atoms with Gasteiger partial charge in [0.1, 0.15) is 37.1 Å². The number of amidine groups is 1. The first-order valence-corrected chi connectivity index (χ1v) is 13.7. The highest BCUT2D eigenvalue weighted by molar-refractivity contribution is 8.00. The number of β-lactam (4-membered cyclic amide) rings is 1. The number of carbonyl (C=O) groups excluding carboxylic acids is 3. The second-order valence-electron chi connectivity index (χ2n) is 9.90. The van der Waals surface area contributed by atoms with E-state index in [1.165, 1.54) is 35.0 Å². The van der Waals surface area contributed by atoms with Crippen LogP contribution in [0.2, 0.25) is 0 Å². The number of aliphatic carboxylic acids is 1. The predicted molar refractivity (Wildman–Crippen MR) is 135 cm³/mol. The van der Waals surface area contributed by atoms with E-state index in [9.17, 15) is 24.3 Å². The molecule has 200 valence electrons. The molecule has 6 rings (SSSR count). The molecule has 0 aromatic carbocycles. The number of amides is 3. The lowest BCUT2D eigenvalue weighted by molar-refractivity contribution is -0.940. The van der Waals surface area contributed by atoms with Crippen LogP contribution in [0.1, 0.15) is 19.3 Å². The smallest absolute Gasteiger partial charge is 0.352 e. The molecule has 1 unspecified atom stereocenters. The number of thioether (sulfide) groups is 1. The van der Waals surface area contributed by atoms with Gasteiger partial charge in [-0.1, -0.05) is 5.16 Å². The zero-order chi connectivity index (χ0) is 26.5. The first-order chi connectivity index (χ1) is 17.6. The Kier molecular flexibility index (Phi) is 6.62. The minimum Gasteiger partial charge on any atom is -0.477 e. The zero-order valence-corrected chi connectivity index (χ0v) is 21.8. The van der Waals surface area contributed by atoms with Crippen LogP contribution in [0, 0.1) is 5.41 Å². The Balaban J connectivity index is 1.31. The lowest BCUT2D eigenvalue weighted by Gasteiger charge is -2.55. The highest BCUT2D eigenvalue weighted by Crippen LogP contribution is 2.46. The lowest BCUT2D eigenvalue weighted by atomic mass is 9.70. The highest BCUT2D eigenvalue weighted by Gasteiger charge is 2.57. The highest BCUT2D eigenvalue weighted by atomic mass is 32.2. The number of piperidine rings is 3. The molecule has 4 fully saturated rings. The van der Waals surface area contributed by atoms with Gasteiger partial charge in [-0.2, -0.15) is 0 Å². The van der Waals surface area contributed by atoms with E-state index < -0.39 is 40.1 Å². The fraction of sp³-hybridized carbons (Fsp3) is 0.619. The lowest BCUT2D eigenvalue weighted by Crippen LogP contribution is -2.72. The minimum absolute atomic E-state index is 0.0139. The van der Waals surface area contributed by atoms with Crippen molar-refractivity contribution in [2.24, 2.45) is 26.4 Å². The number of nitrogens with zero attached hydrogens (tertiary/aromatic N) is 5. The number of primary amides is 1. The maximum absolute atomic E-state index is 13.1. The van der Waals surface area contributed by atoms with Crippen LogP contribution >= 0.6 is 23.7 Å². The molecule has 0 saturated carbocycles. The number of hydrogen-bond donors (Lipinski definition) is 4. The van der Waals surface area contributed by atoms with Crippen molar-refractivity contribution in [3.8, 4) is 0 Å². The van der Waals surface area contributed by atoms with Crippen LogP contribution in [-0.2, 0) is 24.0 Å². The molecule has 6 aliphatic heterocycles. The Hall–Kier alpha value is -2.82. The molecule has 2 bridgehead atoms.